The van der Waals surface area contributed by atoms with Crippen molar-refractivity contribution in [2.45, 2.75) is 77.3 Å². The Bertz CT molecular complexity index is 1510. The summed E-state index contributed by atoms with van der Waals surface area (Å²) in [5.74, 6) is -4.22. The second-order valence-corrected chi connectivity index (χ2v) is 12.2. The number of hydrogen-bond acceptors (Lipinski definition) is 10. The van der Waals surface area contributed by atoms with Crippen LogP contribution in [0.4, 0.5) is 0 Å². The van der Waals surface area contributed by atoms with Crippen LogP contribution in [0, 0.1) is 5.92 Å². The van der Waals surface area contributed by atoms with Crippen molar-refractivity contribution < 1.29 is 47.6 Å². The normalized spacial score (nSPS) is 23.6. The molecule has 6 rings (SSSR count). The van der Waals surface area contributed by atoms with E-state index in [0.29, 0.717) is 29.9 Å². The molecule has 0 N–H and O–H groups in total. The summed E-state index contributed by atoms with van der Waals surface area (Å²) in [7, 11) is 3.18. The summed E-state index contributed by atoms with van der Waals surface area (Å²) >= 11 is 0. The smallest absolute Gasteiger partial charge is 0.349 e. The fourth-order valence-electron chi connectivity index (χ4n) is 6.24. The highest BCUT2D eigenvalue weighted by atomic mass is 16.8. The third kappa shape index (κ3) is 5.58. The number of hydrogen-bond donors (Lipinski definition) is 0. The zero-order valence-electron chi connectivity index (χ0n) is 25.5. The molecular weight excluding hydrogens is 556 g/mol. The number of methoxy groups -OCH3 is 2. The lowest BCUT2D eigenvalue weighted by atomic mass is 9.72. The molecule has 2 saturated heterocycles. The molecule has 10 heteroatoms. The molecule has 43 heavy (non-hydrogen) atoms. The summed E-state index contributed by atoms with van der Waals surface area (Å²) in [4.78, 5) is 49.2. The topological polar surface area (TPSA) is 124 Å². The Morgan fingerprint density at radius 1 is 0.674 bits per heavy atom. The first kappa shape index (κ1) is 30.1. The summed E-state index contributed by atoms with van der Waals surface area (Å²) in [6, 6.07) is 11.4. The van der Waals surface area contributed by atoms with Crippen molar-refractivity contribution in [1.82, 2.24) is 0 Å². The number of ether oxygens (including phenoxy) is 6. The quantitative estimate of drug-likeness (QED) is 0.217. The Labute approximate surface area is 250 Å². The number of esters is 4. The van der Waals surface area contributed by atoms with Gasteiger partial charge >= 0.3 is 23.9 Å². The number of benzene rings is 2. The molecular formula is C33H36O10. The fourth-order valence-corrected chi connectivity index (χ4v) is 6.24. The van der Waals surface area contributed by atoms with Crippen LogP contribution >= 0.6 is 0 Å². The van der Waals surface area contributed by atoms with E-state index < -0.39 is 46.8 Å². The maximum atomic E-state index is 12.4. The predicted molar refractivity (Wildman–Crippen MR) is 153 cm³/mol. The number of fused-ring (bicyclic) bond motifs is 2. The zero-order valence-corrected chi connectivity index (χ0v) is 25.5. The van der Waals surface area contributed by atoms with Crippen LogP contribution in [-0.2, 0) is 56.4 Å². The predicted octanol–water partition coefficient (Wildman–Crippen LogP) is 4.58. The molecule has 2 fully saturated rings. The molecule has 0 aromatic heterocycles. The largest absolute Gasteiger partial charge is 0.497 e. The number of carbonyl (C=O) groups is 4. The minimum absolute atomic E-state index is 0.00123. The Morgan fingerprint density at radius 3 is 1.79 bits per heavy atom. The number of allylic oxidation sites excluding steroid dienone is 1. The van der Waals surface area contributed by atoms with Gasteiger partial charge in [-0.3, -0.25) is 9.59 Å². The second-order valence-electron chi connectivity index (χ2n) is 12.2. The van der Waals surface area contributed by atoms with E-state index in [4.69, 9.17) is 28.4 Å². The Morgan fingerprint density at radius 2 is 1.21 bits per heavy atom. The number of cyclic esters (lactones) is 4. The van der Waals surface area contributed by atoms with E-state index in [-0.39, 0.29) is 5.57 Å². The van der Waals surface area contributed by atoms with Crippen molar-refractivity contribution in [3.63, 3.8) is 0 Å². The molecule has 2 aromatic rings. The summed E-state index contributed by atoms with van der Waals surface area (Å²) in [5.41, 5.74) is 4.09. The monoisotopic (exact) mass is 592 g/mol. The first-order valence-electron chi connectivity index (χ1n) is 14.2. The average Bonchev–Trinajstić information content (AvgIpc) is 3.47. The first-order valence-corrected chi connectivity index (χ1v) is 14.2. The molecule has 1 atom stereocenters. The van der Waals surface area contributed by atoms with E-state index in [1.54, 1.807) is 28.1 Å². The summed E-state index contributed by atoms with van der Waals surface area (Å²) < 4.78 is 31.4. The summed E-state index contributed by atoms with van der Waals surface area (Å²) in [6.45, 7) is 8.12. The van der Waals surface area contributed by atoms with Crippen LogP contribution < -0.4 is 9.47 Å². The molecule has 0 saturated carbocycles. The average molecular weight is 593 g/mol. The van der Waals surface area contributed by atoms with Gasteiger partial charge in [0, 0.05) is 33.1 Å². The van der Waals surface area contributed by atoms with E-state index in [1.165, 1.54) is 13.8 Å². The van der Waals surface area contributed by atoms with Gasteiger partial charge in [-0.05, 0) is 77.8 Å². The summed E-state index contributed by atoms with van der Waals surface area (Å²) in [5, 5.41) is 0. The van der Waals surface area contributed by atoms with Crippen LogP contribution in [-0.4, -0.2) is 49.7 Å². The minimum Gasteiger partial charge on any atom is -0.497 e. The molecule has 0 amide bonds. The Hall–Kier alpha value is -4.34. The third-order valence-electron chi connectivity index (χ3n) is 8.32. The van der Waals surface area contributed by atoms with Gasteiger partial charge in [0.05, 0.1) is 14.2 Å². The minimum atomic E-state index is -1.21. The van der Waals surface area contributed by atoms with Gasteiger partial charge in [0.25, 0.3) is 11.6 Å². The summed E-state index contributed by atoms with van der Waals surface area (Å²) in [6.07, 6.45) is 2.91. The lowest BCUT2D eigenvalue weighted by molar-refractivity contribution is -0.243. The van der Waals surface area contributed by atoms with Crippen molar-refractivity contribution >= 4 is 29.5 Å². The maximum absolute atomic E-state index is 12.4. The maximum Gasteiger partial charge on any atom is 0.349 e. The van der Waals surface area contributed by atoms with Gasteiger partial charge < -0.3 is 28.4 Å². The van der Waals surface area contributed by atoms with Gasteiger partial charge in [0.1, 0.15) is 17.1 Å². The van der Waals surface area contributed by atoms with Gasteiger partial charge in [0.2, 0.25) is 0 Å². The van der Waals surface area contributed by atoms with Crippen LogP contribution in [0.2, 0.25) is 0 Å². The van der Waals surface area contributed by atoms with E-state index in [9.17, 15) is 19.2 Å². The molecule has 0 bridgehead atoms. The van der Waals surface area contributed by atoms with Crippen molar-refractivity contribution in [1.29, 1.82) is 0 Å². The zero-order chi connectivity index (χ0) is 31.3. The molecule has 0 spiro atoms. The molecule has 2 aliphatic heterocycles. The van der Waals surface area contributed by atoms with Gasteiger partial charge in [-0.25, -0.2) is 9.59 Å². The van der Waals surface area contributed by atoms with Gasteiger partial charge in [-0.2, -0.15) is 0 Å². The highest BCUT2D eigenvalue weighted by molar-refractivity contribution is 6.21. The van der Waals surface area contributed by atoms with Crippen molar-refractivity contribution in [2.24, 2.45) is 5.92 Å². The highest BCUT2D eigenvalue weighted by Gasteiger charge is 2.55. The molecule has 0 radical (unpaired) electrons. The van der Waals surface area contributed by atoms with Gasteiger partial charge in [-0.15, -0.1) is 0 Å². The van der Waals surface area contributed by atoms with Crippen LogP contribution in [0.5, 0.6) is 11.5 Å². The van der Waals surface area contributed by atoms with E-state index in [0.717, 1.165) is 35.1 Å². The Balaban J connectivity index is 0.000000171. The van der Waals surface area contributed by atoms with E-state index in [2.05, 4.69) is 0 Å². The van der Waals surface area contributed by atoms with Gasteiger partial charge in [0.15, 0.2) is 5.92 Å². The second kappa shape index (κ2) is 10.7. The highest BCUT2D eigenvalue weighted by Crippen LogP contribution is 2.48. The van der Waals surface area contributed by atoms with Crippen molar-refractivity contribution in [2.75, 3.05) is 14.2 Å². The molecule has 4 aliphatic rings. The Kier molecular flexibility index (Phi) is 7.52. The lowest BCUT2D eigenvalue weighted by Crippen LogP contribution is -2.52. The van der Waals surface area contributed by atoms with Crippen molar-refractivity contribution in [3.05, 3.63) is 64.2 Å². The van der Waals surface area contributed by atoms with Gasteiger partial charge in [-0.1, -0.05) is 19.1 Å². The lowest BCUT2D eigenvalue weighted by Gasteiger charge is -2.39. The molecule has 10 nitrogen and oxygen atoms in total. The van der Waals surface area contributed by atoms with Crippen LogP contribution in [0.3, 0.4) is 0 Å². The van der Waals surface area contributed by atoms with Crippen LogP contribution in [0.25, 0.3) is 5.57 Å². The van der Waals surface area contributed by atoms with E-state index >= 15 is 0 Å². The standard InChI is InChI=1S/C17H20O5.C16H16O5/c1-16(2)21-14(18)13(15(19)22-16)17(3)8-7-10-5-6-11(20-4)9-12(10)17;1-16(2)20-14(17)13(15(18)21-16)11-7-5-9-4-6-10(19-3)8-12(9)11/h5-6,9,13H,7-8H2,1-4H3;4,6,8H,5,7H2,1-3H3/t17-;/m1./s1. The SMILES string of the molecule is COc1ccc2c(c1)C(=C1C(=O)OC(C)(C)OC1=O)CC2.COc1ccc2c(c1)[C@](C)(C1C(=O)OC(C)(C)OC1=O)CC2. The van der Waals surface area contributed by atoms with E-state index in [1.807, 2.05) is 43.3 Å². The molecule has 228 valence electrons. The molecule has 2 heterocycles. The molecule has 2 aromatic carbocycles. The fraction of sp³-hybridized carbons (Fsp3) is 0.455. The van der Waals surface area contributed by atoms with Crippen LogP contribution in [0.15, 0.2) is 42.0 Å². The van der Waals surface area contributed by atoms with Crippen molar-refractivity contribution in [3.8, 4) is 11.5 Å². The number of carbonyl (C=O) groups excluding carboxylic acids is 4. The third-order valence-corrected chi connectivity index (χ3v) is 8.32. The molecule has 0 unspecified atom stereocenters. The molecule has 2 aliphatic carbocycles. The van der Waals surface area contributed by atoms with Crippen LogP contribution in [0.1, 0.15) is 69.7 Å². The number of rotatable bonds is 3. The first-order chi connectivity index (χ1) is 20.2. The number of aryl methyl sites for hydroxylation is 2.